The quantitative estimate of drug-likeness (QED) is 0.541. The minimum atomic E-state index is -3.42. The van der Waals surface area contributed by atoms with Crippen molar-refractivity contribution in [1.82, 2.24) is 0 Å². The standard InChI is InChI=1S/C3H4O2.3C2H5.ClH.Ti/c1-2-3(4)5;3*1-2;;/h2H,1H2,(H,4,5);3*1H2,2H3;1H;/q;;;;;+2/p-2. The fourth-order valence-corrected chi connectivity index (χ4v) is 5.51. The molecular formula is C9H18ClO2Ti. The van der Waals surface area contributed by atoms with E-state index in [0.717, 1.165) is 14.2 Å². The minimum absolute atomic E-state index is 0.377. The van der Waals surface area contributed by atoms with Gasteiger partial charge in [0.2, 0.25) is 0 Å². The second-order valence-electron chi connectivity index (χ2n) is 3.35. The van der Waals surface area contributed by atoms with Gasteiger partial charge >= 0.3 is 85.6 Å². The maximum absolute atomic E-state index is 11.1. The Morgan fingerprint density at radius 3 is 2.00 bits per heavy atom. The van der Waals surface area contributed by atoms with Gasteiger partial charge in [0.15, 0.2) is 0 Å². The van der Waals surface area contributed by atoms with E-state index in [2.05, 4.69) is 6.58 Å². The van der Waals surface area contributed by atoms with Crippen LogP contribution < -0.4 is 0 Å². The van der Waals surface area contributed by atoms with E-state index in [9.17, 15) is 4.79 Å². The first-order chi connectivity index (χ1) is 5.93. The zero-order valence-electron chi connectivity index (χ0n) is 8.60. The third kappa shape index (κ3) is 3.12. The zero-order valence-corrected chi connectivity index (χ0v) is 10.9. The third-order valence-corrected chi connectivity index (χ3v) is 14.9. The molecule has 0 saturated carbocycles. The van der Waals surface area contributed by atoms with E-state index < -0.39 is 14.6 Å². The molecule has 0 N–H and O–H groups in total. The summed E-state index contributed by atoms with van der Waals surface area (Å²) >= 11 is -3.42. The molecule has 0 atom stereocenters. The molecule has 0 fully saturated rings. The Bertz CT molecular complexity index is 201. The molecule has 0 rings (SSSR count). The van der Waals surface area contributed by atoms with Crippen LogP contribution in [0.15, 0.2) is 12.7 Å². The molecule has 0 aromatic carbocycles. The summed E-state index contributed by atoms with van der Waals surface area (Å²) in [5.74, 6) is -0.377. The van der Waals surface area contributed by atoms with E-state index in [1.807, 2.05) is 20.8 Å². The molecule has 0 aliphatic rings. The van der Waals surface area contributed by atoms with E-state index >= 15 is 0 Å². The normalized spacial score (nSPS) is 14.3. The van der Waals surface area contributed by atoms with Gasteiger partial charge in [0, 0.05) is 0 Å². The molecule has 0 heterocycles. The van der Waals surface area contributed by atoms with Gasteiger partial charge in [-0.15, -0.1) is 0 Å². The Labute approximate surface area is 85.5 Å². The molecule has 0 spiro atoms. The molecule has 4 heteroatoms. The number of rotatable bonds is 5. The van der Waals surface area contributed by atoms with Crippen molar-refractivity contribution in [3.8, 4) is 0 Å². The van der Waals surface area contributed by atoms with Gasteiger partial charge in [0.25, 0.3) is 0 Å². The first kappa shape index (κ1) is 13.2. The Morgan fingerprint density at radius 2 is 1.77 bits per heavy atom. The summed E-state index contributed by atoms with van der Waals surface area (Å²) in [4.78, 5) is 11.1. The van der Waals surface area contributed by atoms with Crippen molar-refractivity contribution in [3.63, 3.8) is 0 Å². The Hall–Kier alpha value is 0.214. The van der Waals surface area contributed by atoms with Gasteiger partial charge in [0.1, 0.15) is 0 Å². The molecule has 0 radical (unpaired) electrons. The van der Waals surface area contributed by atoms with E-state index in [0.29, 0.717) is 0 Å². The van der Waals surface area contributed by atoms with E-state index in [-0.39, 0.29) is 5.97 Å². The number of carbonyl (C=O) groups excluding carboxylic acids is 1. The number of hydrogen-bond acceptors (Lipinski definition) is 2. The summed E-state index contributed by atoms with van der Waals surface area (Å²) in [5, 5.41) is 0. The van der Waals surface area contributed by atoms with Crippen LogP contribution >= 0.6 is 9.30 Å². The average Bonchev–Trinajstić information content (AvgIpc) is 2.18. The van der Waals surface area contributed by atoms with E-state index in [4.69, 9.17) is 12.6 Å². The second-order valence-corrected chi connectivity index (χ2v) is 16.1. The molecule has 0 saturated heterocycles. The van der Waals surface area contributed by atoms with Gasteiger partial charge in [0.05, 0.1) is 0 Å². The molecule has 0 aliphatic heterocycles. The Kier molecular flexibility index (Phi) is 4.71. The molecule has 77 valence electrons. The zero-order chi connectivity index (χ0) is 10.6. The van der Waals surface area contributed by atoms with Crippen LogP contribution in [0.25, 0.3) is 0 Å². The molecule has 0 amide bonds. The first-order valence-corrected chi connectivity index (χ1v) is 10.8. The van der Waals surface area contributed by atoms with Crippen molar-refractivity contribution in [2.75, 3.05) is 0 Å². The fourth-order valence-electron chi connectivity index (χ4n) is 1.26. The molecule has 2 nitrogen and oxygen atoms in total. The molecular weight excluding hydrogens is 223 g/mol. The molecule has 0 aromatic rings. The van der Waals surface area contributed by atoms with Crippen LogP contribution in [0.5, 0.6) is 0 Å². The predicted molar refractivity (Wildman–Crippen MR) is 53.6 cm³/mol. The van der Waals surface area contributed by atoms with Crippen LogP contribution in [0.3, 0.4) is 0 Å². The summed E-state index contributed by atoms with van der Waals surface area (Å²) in [5.41, 5.74) is 0. The number of carbonyl (C=O) groups is 1. The third-order valence-electron chi connectivity index (χ3n) is 2.86. The molecule has 13 heavy (non-hydrogen) atoms. The molecule has 0 unspecified atom stereocenters. The first-order valence-electron chi connectivity index (χ1n) is 4.68. The van der Waals surface area contributed by atoms with Crippen LogP contribution in [-0.4, -0.2) is 5.97 Å². The van der Waals surface area contributed by atoms with Crippen LogP contribution in [-0.2, 0) is 22.7 Å². The van der Waals surface area contributed by atoms with Gasteiger partial charge in [-0.05, 0) is 0 Å². The average molecular weight is 242 g/mol. The number of halogens is 1. The van der Waals surface area contributed by atoms with Crippen molar-refractivity contribution in [3.05, 3.63) is 12.7 Å². The molecule has 0 aromatic heterocycles. The van der Waals surface area contributed by atoms with Gasteiger partial charge in [-0.1, -0.05) is 0 Å². The fraction of sp³-hybridized carbons (Fsp3) is 0.667. The van der Waals surface area contributed by atoms with Gasteiger partial charge < -0.3 is 0 Å². The summed E-state index contributed by atoms with van der Waals surface area (Å²) in [6.07, 6.45) is 1.19. The van der Waals surface area contributed by atoms with Crippen molar-refractivity contribution in [2.45, 2.75) is 34.9 Å². The van der Waals surface area contributed by atoms with Crippen LogP contribution in [0, 0.1) is 0 Å². The monoisotopic (exact) mass is 241 g/mol. The summed E-state index contributed by atoms with van der Waals surface area (Å²) in [6.45, 7) is 9.36. The molecule has 0 aliphatic carbocycles. The van der Waals surface area contributed by atoms with Crippen molar-refractivity contribution < 1.29 is 22.7 Å². The van der Waals surface area contributed by atoms with Crippen molar-refractivity contribution >= 4 is 15.3 Å². The summed E-state index contributed by atoms with van der Waals surface area (Å²) < 4.78 is 7.77. The van der Waals surface area contributed by atoms with E-state index in [1.54, 1.807) is 0 Å². The SMILES string of the molecule is C=CC(=O)[O][Ti]([Cl])([CH2]C)([CH2]C)[CH2]C. The predicted octanol–water partition coefficient (Wildman–Crippen LogP) is 3.79. The Balaban J connectivity index is 4.78. The van der Waals surface area contributed by atoms with Gasteiger partial charge in [-0.3, -0.25) is 0 Å². The molecule has 0 bridgehead atoms. The maximum atomic E-state index is 11.1. The van der Waals surface area contributed by atoms with E-state index in [1.165, 1.54) is 6.08 Å². The van der Waals surface area contributed by atoms with Gasteiger partial charge in [-0.2, -0.15) is 0 Å². The van der Waals surface area contributed by atoms with Crippen LogP contribution in [0.1, 0.15) is 20.8 Å². The number of hydrogen-bond donors (Lipinski definition) is 0. The summed E-state index contributed by atoms with van der Waals surface area (Å²) in [6, 6.07) is 0. The van der Waals surface area contributed by atoms with Crippen molar-refractivity contribution in [2.24, 2.45) is 0 Å². The summed E-state index contributed by atoms with van der Waals surface area (Å²) in [7, 11) is 6.53. The van der Waals surface area contributed by atoms with Gasteiger partial charge in [-0.25, -0.2) is 0 Å². The van der Waals surface area contributed by atoms with Crippen LogP contribution in [0.2, 0.25) is 14.2 Å². The second kappa shape index (κ2) is 4.63. The topological polar surface area (TPSA) is 26.3 Å². The van der Waals surface area contributed by atoms with Crippen LogP contribution in [0.4, 0.5) is 0 Å². The van der Waals surface area contributed by atoms with Crippen molar-refractivity contribution in [1.29, 1.82) is 0 Å². The Morgan fingerprint density at radius 1 is 1.38 bits per heavy atom.